The van der Waals surface area contributed by atoms with Gasteiger partial charge in [0.1, 0.15) is 12.7 Å². The zero-order chi connectivity index (χ0) is 23.7. The summed E-state index contributed by atoms with van der Waals surface area (Å²) in [6.07, 6.45) is 3.80. The van der Waals surface area contributed by atoms with Crippen LogP contribution in [0.2, 0.25) is 5.02 Å². The second-order valence-electron chi connectivity index (χ2n) is 8.18. The molecule has 8 nitrogen and oxygen atoms in total. The summed E-state index contributed by atoms with van der Waals surface area (Å²) in [4.78, 5) is 17.2. The number of amides is 1. The third kappa shape index (κ3) is 4.42. The Kier molecular flexibility index (Phi) is 6.07. The molecule has 1 aliphatic heterocycles. The van der Waals surface area contributed by atoms with Crippen LogP contribution in [0.25, 0.3) is 16.5 Å². The first kappa shape index (κ1) is 22.5. The molecule has 174 valence electrons. The molecule has 1 amide bonds. The van der Waals surface area contributed by atoms with E-state index in [1.54, 1.807) is 35.0 Å². The Morgan fingerprint density at radius 2 is 1.76 bits per heavy atom. The highest BCUT2D eigenvalue weighted by atomic mass is 35.5. The van der Waals surface area contributed by atoms with Gasteiger partial charge in [-0.15, -0.1) is 0 Å². The van der Waals surface area contributed by atoms with Crippen LogP contribution in [0, 0.1) is 5.92 Å². The smallest absolute Gasteiger partial charge is 0.243 e. The molecule has 0 aliphatic carbocycles. The van der Waals surface area contributed by atoms with E-state index in [4.69, 9.17) is 11.6 Å². The molecule has 0 spiro atoms. The van der Waals surface area contributed by atoms with Crippen LogP contribution >= 0.6 is 11.6 Å². The Morgan fingerprint density at radius 3 is 2.50 bits per heavy atom. The second-order valence-corrected chi connectivity index (χ2v) is 10.6. The van der Waals surface area contributed by atoms with Crippen LogP contribution < -0.4 is 5.32 Å². The molecule has 2 heterocycles. The fourth-order valence-corrected chi connectivity index (χ4v) is 5.89. The number of piperidine rings is 1. The predicted octanol–water partition coefficient (Wildman–Crippen LogP) is 4.11. The molecule has 4 aromatic rings. The first-order chi connectivity index (χ1) is 16.4. The van der Waals surface area contributed by atoms with Crippen molar-refractivity contribution in [3.63, 3.8) is 0 Å². The van der Waals surface area contributed by atoms with Crippen molar-refractivity contribution < 1.29 is 13.2 Å². The van der Waals surface area contributed by atoms with Crippen molar-refractivity contribution in [3.05, 3.63) is 78.3 Å². The number of nitrogens with one attached hydrogen (secondary N) is 1. The van der Waals surface area contributed by atoms with Gasteiger partial charge >= 0.3 is 0 Å². The molecule has 10 heteroatoms. The fraction of sp³-hybridized carbons (Fsp3) is 0.208. The van der Waals surface area contributed by atoms with E-state index < -0.39 is 10.0 Å². The number of fused-ring (bicyclic) bond motifs is 1. The van der Waals surface area contributed by atoms with E-state index in [0.29, 0.717) is 29.2 Å². The lowest BCUT2D eigenvalue weighted by Gasteiger charge is -2.30. The molecule has 0 saturated carbocycles. The van der Waals surface area contributed by atoms with E-state index in [-0.39, 0.29) is 29.8 Å². The van der Waals surface area contributed by atoms with Gasteiger partial charge in [-0.1, -0.05) is 41.9 Å². The van der Waals surface area contributed by atoms with Crippen LogP contribution in [-0.2, 0) is 14.8 Å². The fourth-order valence-electron chi connectivity index (χ4n) is 4.21. The van der Waals surface area contributed by atoms with E-state index in [1.807, 2.05) is 30.3 Å². The lowest BCUT2D eigenvalue weighted by atomic mass is 9.97. The number of benzene rings is 3. The van der Waals surface area contributed by atoms with Gasteiger partial charge in [-0.25, -0.2) is 18.1 Å². The molecule has 0 bridgehead atoms. The summed E-state index contributed by atoms with van der Waals surface area (Å²) in [5.74, 6) is -0.489. The maximum Gasteiger partial charge on any atom is 0.243 e. The van der Waals surface area contributed by atoms with E-state index in [1.165, 1.54) is 17.0 Å². The lowest BCUT2D eigenvalue weighted by molar-refractivity contribution is -0.120. The van der Waals surface area contributed by atoms with Crippen LogP contribution in [0.5, 0.6) is 0 Å². The normalized spacial score (nSPS) is 15.4. The molecule has 0 unspecified atom stereocenters. The van der Waals surface area contributed by atoms with Gasteiger partial charge in [0.2, 0.25) is 15.9 Å². The minimum Gasteiger partial charge on any atom is -0.324 e. The summed E-state index contributed by atoms with van der Waals surface area (Å²) < 4.78 is 29.4. The summed E-state index contributed by atoms with van der Waals surface area (Å²) in [5.41, 5.74) is 1.17. The van der Waals surface area contributed by atoms with Gasteiger partial charge in [0.15, 0.2) is 0 Å². The number of hydrogen-bond donors (Lipinski definition) is 1. The molecule has 0 radical (unpaired) electrons. The van der Waals surface area contributed by atoms with Gasteiger partial charge in [-0.2, -0.15) is 9.40 Å². The number of rotatable bonds is 5. The molecule has 1 saturated heterocycles. The van der Waals surface area contributed by atoms with Crippen molar-refractivity contribution in [1.29, 1.82) is 0 Å². The van der Waals surface area contributed by atoms with Gasteiger partial charge in [0.25, 0.3) is 0 Å². The van der Waals surface area contributed by atoms with Crippen molar-refractivity contribution in [3.8, 4) is 5.69 Å². The molecule has 1 fully saturated rings. The highest BCUT2D eigenvalue weighted by Crippen LogP contribution is 2.29. The summed E-state index contributed by atoms with van der Waals surface area (Å²) in [5, 5.41) is 9.40. The first-order valence-corrected chi connectivity index (χ1v) is 12.7. The molecule has 1 N–H and O–H groups in total. The van der Waals surface area contributed by atoms with Crippen molar-refractivity contribution in [1.82, 2.24) is 19.1 Å². The summed E-state index contributed by atoms with van der Waals surface area (Å²) in [6.45, 7) is 0.553. The molecule has 5 rings (SSSR count). The first-order valence-electron chi connectivity index (χ1n) is 10.9. The summed E-state index contributed by atoms with van der Waals surface area (Å²) in [6, 6.07) is 17.9. The molecular formula is C24H22ClN5O3S. The van der Waals surface area contributed by atoms with Crippen molar-refractivity contribution in [2.24, 2.45) is 5.92 Å². The molecule has 34 heavy (non-hydrogen) atoms. The number of sulfonamides is 1. The molecular weight excluding hydrogens is 474 g/mol. The average molecular weight is 496 g/mol. The molecule has 1 aromatic heterocycles. The number of halogens is 1. The summed E-state index contributed by atoms with van der Waals surface area (Å²) in [7, 11) is -3.64. The van der Waals surface area contributed by atoms with E-state index in [0.717, 1.165) is 10.8 Å². The highest BCUT2D eigenvalue weighted by molar-refractivity contribution is 7.89. The molecule has 1 aliphatic rings. The number of carbonyl (C=O) groups excluding carboxylic acids is 1. The molecule has 3 aromatic carbocycles. The standard InChI is InChI=1S/C24H22ClN5O3S/c25-20-6-8-23(30-16-26-15-27-30)22(14-20)28-24(31)18-9-11-29(12-10-18)34(32,33)21-7-5-17-3-1-2-4-19(17)13-21/h1-8,13-16,18H,9-12H2,(H,28,31). The number of anilines is 1. The Hall–Kier alpha value is -3.27. The topological polar surface area (TPSA) is 97.2 Å². The lowest BCUT2D eigenvalue weighted by Crippen LogP contribution is -2.41. The Bertz CT molecular complexity index is 1450. The average Bonchev–Trinajstić information content (AvgIpc) is 3.38. The number of aromatic nitrogens is 3. The van der Waals surface area contributed by atoms with Gasteiger partial charge in [-0.3, -0.25) is 4.79 Å². The van der Waals surface area contributed by atoms with Crippen LogP contribution in [0.15, 0.2) is 78.2 Å². The largest absolute Gasteiger partial charge is 0.324 e. The highest BCUT2D eigenvalue weighted by Gasteiger charge is 2.32. The van der Waals surface area contributed by atoms with Crippen molar-refractivity contribution >= 4 is 44.0 Å². The maximum atomic E-state index is 13.2. The van der Waals surface area contributed by atoms with Crippen LogP contribution in [0.3, 0.4) is 0 Å². The molecule has 0 atom stereocenters. The van der Waals surface area contributed by atoms with Gasteiger partial charge < -0.3 is 5.32 Å². The SMILES string of the molecule is O=C(Nc1cc(Cl)ccc1-n1cncn1)C1CCN(S(=O)(=O)c2ccc3ccccc3c2)CC1. The zero-order valence-corrected chi connectivity index (χ0v) is 19.7. The van der Waals surface area contributed by atoms with Gasteiger partial charge in [0.05, 0.1) is 16.3 Å². The predicted molar refractivity (Wildman–Crippen MR) is 130 cm³/mol. The van der Waals surface area contributed by atoms with E-state index in [9.17, 15) is 13.2 Å². The summed E-state index contributed by atoms with van der Waals surface area (Å²) >= 11 is 6.14. The van der Waals surface area contributed by atoms with Crippen LogP contribution in [-0.4, -0.2) is 46.5 Å². The van der Waals surface area contributed by atoms with E-state index in [2.05, 4.69) is 15.4 Å². The van der Waals surface area contributed by atoms with Crippen LogP contribution in [0.4, 0.5) is 5.69 Å². The van der Waals surface area contributed by atoms with E-state index >= 15 is 0 Å². The van der Waals surface area contributed by atoms with Gasteiger partial charge in [0, 0.05) is 24.0 Å². The van der Waals surface area contributed by atoms with Gasteiger partial charge in [-0.05, 0) is 53.9 Å². The number of hydrogen-bond acceptors (Lipinski definition) is 5. The van der Waals surface area contributed by atoms with Crippen LogP contribution in [0.1, 0.15) is 12.8 Å². The monoisotopic (exact) mass is 495 g/mol. The number of nitrogens with zero attached hydrogens (tertiary/aromatic N) is 4. The van der Waals surface area contributed by atoms with Crippen molar-refractivity contribution in [2.45, 2.75) is 17.7 Å². The Balaban J connectivity index is 1.28. The maximum absolute atomic E-state index is 13.2. The zero-order valence-electron chi connectivity index (χ0n) is 18.1. The minimum absolute atomic E-state index is 0.175. The Morgan fingerprint density at radius 1 is 1.00 bits per heavy atom. The minimum atomic E-state index is -3.64. The number of carbonyl (C=O) groups is 1. The third-order valence-corrected chi connectivity index (χ3v) is 8.20. The Labute approximate surface area is 202 Å². The quantitative estimate of drug-likeness (QED) is 0.449. The van der Waals surface area contributed by atoms with Crippen molar-refractivity contribution in [2.75, 3.05) is 18.4 Å². The second kappa shape index (κ2) is 9.17. The third-order valence-electron chi connectivity index (χ3n) is 6.07.